The predicted molar refractivity (Wildman–Crippen MR) is 78.9 cm³/mol. The summed E-state index contributed by atoms with van der Waals surface area (Å²) in [5.41, 5.74) is 0. The molecule has 106 valence electrons. The number of piperidine rings is 1. The van der Waals surface area contributed by atoms with Crippen molar-refractivity contribution in [2.75, 3.05) is 19.6 Å². The van der Waals surface area contributed by atoms with E-state index in [0.29, 0.717) is 0 Å². The molecule has 0 radical (unpaired) electrons. The summed E-state index contributed by atoms with van der Waals surface area (Å²) in [4.78, 5) is 2.81. The Morgan fingerprint density at radius 3 is 2.56 bits per heavy atom. The van der Waals surface area contributed by atoms with Gasteiger partial charge in [-0.15, -0.1) is 0 Å². The van der Waals surface area contributed by atoms with Crippen LogP contribution in [0.15, 0.2) is 0 Å². The normalized spacial score (nSPS) is 32.2. The summed E-state index contributed by atoms with van der Waals surface area (Å²) >= 11 is 0. The van der Waals surface area contributed by atoms with Gasteiger partial charge in [-0.05, 0) is 50.5 Å². The Morgan fingerprint density at radius 2 is 2.00 bits per heavy atom. The van der Waals surface area contributed by atoms with E-state index in [1.807, 2.05) is 0 Å². The fourth-order valence-corrected chi connectivity index (χ4v) is 3.87. The zero-order valence-corrected chi connectivity index (χ0v) is 12.6. The lowest BCUT2D eigenvalue weighted by Gasteiger charge is -2.46. The molecule has 3 unspecified atom stereocenters. The molecule has 0 amide bonds. The Bertz CT molecular complexity index is 237. The molecule has 2 nitrogen and oxygen atoms in total. The van der Waals surface area contributed by atoms with Crippen LogP contribution >= 0.6 is 0 Å². The quantitative estimate of drug-likeness (QED) is 0.780. The number of rotatable bonds is 6. The summed E-state index contributed by atoms with van der Waals surface area (Å²) < 4.78 is 0. The van der Waals surface area contributed by atoms with Crippen LogP contribution in [-0.4, -0.2) is 36.6 Å². The first-order valence-electron chi connectivity index (χ1n) is 8.22. The second kappa shape index (κ2) is 6.91. The molecule has 1 heterocycles. The molecule has 0 aromatic heterocycles. The van der Waals surface area contributed by atoms with E-state index in [1.165, 1.54) is 58.2 Å². The average molecular weight is 252 g/mol. The van der Waals surface area contributed by atoms with E-state index in [-0.39, 0.29) is 0 Å². The molecule has 18 heavy (non-hydrogen) atoms. The first-order valence-corrected chi connectivity index (χ1v) is 8.22. The predicted octanol–water partition coefficient (Wildman–Crippen LogP) is 3.28. The molecule has 3 atom stereocenters. The van der Waals surface area contributed by atoms with Crippen molar-refractivity contribution in [2.24, 2.45) is 11.8 Å². The first-order chi connectivity index (χ1) is 8.74. The molecular weight excluding hydrogens is 220 g/mol. The standard InChI is InChI=1S/C16H32N2/c1-4-9-17-15-10-13(3)11-18(12-15)16(5-2)14-7-6-8-14/h13-17H,4-12H2,1-3H3. The molecule has 1 N–H and O–H groups in total. The fraction of sp³-hybridized carbons (Fsp3) is 1.00. The van der Waals surface area contributed by atoms with Gasteiger partial charge in [-0.1, -0.05) is 27.2 Å². The Balaban J connectivity index is 1.89. The van der Waals surface area contributed by atoms with Crippen LogP contribution in [0.5, 0.6) is 0 Å². The summed E-state index contributed by atoms with van der Waals surface area (Å²) in [7, 11) is 0. The number of nitrogens with zero attached hydrogens (tertiary/aromatic N) is 1. The summed E-state index contributed by atoms with van der Waals surface area (Å²) in [5, 5.41) is 3.74. The highest BCUT2D eigenvalue weighted by Gasteiger charge is 2.34. The maximum atomic E-state index is 3.74. The van der Waals surface area contributed by atoms with Gasteiger partial charge in [-0.3, -0.25) is 4.90 Å². The monoisotopic (exact) mass is 252 g/mol. The van der Waals surface area contributed by atoms with Crippen LogP contribution in [0.2, 0.25) is 0 Å². The summed E-state index contributed by atoms with van der Waals surface area (Å²) in [6.07, 6.45) is 8.41. The molecular formula is C16H32N2. The van der Waals surface area contributed by atoms with Crippen LogP contribution in [0.1, 0.15) is 59.3 Å². The molecule has 0 aromatic rings. The molecule has 1 saturated carbocycles. The van der Waals surface area contributed by atoms with E-state index in [2.05, 4.69) is 31.0 Å². The maximum absolute atomic E-state index is 3.74. The second-order valence-corrected chi connectivity index (χ2v) is 6.61. The minimum absolute atomic E-state index is 0.739. The van der Waals surface area contributed by atoms with Gasteiger partial charge in [0.1, 0.15) is 0 Å². The van der Waals surface area contributed by atoms with Gasteiger partial charge in [0.05, 0.1) is 0 Å². The van der Waals surface area contributed by atoms with Gasteiger partial charge < -0.3 is 5.32 Å². The molecule has 1 aliphatic heterocycles. The van der Waals surface area contributed by atoms with Gasteiger partial charge in [0.2, 0.25) is 0 Å². The average Bonchev–Trinajstić information content (AvgIpc) is 2.30. The Labute approximate surface area is 114 Å². The maximum Gasteiger partial charge on any atom is 0.0198 e. The van der Waals surface area contributed by atoms with E-state index >= 15 is 0 Å². The smallest absolute Gasteiger partial charge is 0.0198 e. The lowest BCUT2D eigenvalue weighted by Crippen LogP contribution is -2.54. The minimum atomic E-state index is 0.739. The highest BCUT2D eigenvalue weighted by Crippen LogP contribution is 2.35. The van der Waals surface area contributed by atoms with Crippen molar-refractivity contribution in [1.29, 1.82) is 0 Å². The van der Waals surface area contributed by atoms with Crippen molar-refractivity contribution in [2.45, 2.75) is 71.4 Å². The Hall–Kier alpha value is -0.0800. The summed E-state index contributed by atoms with van der Waals surface area (Å²) in [5.74, 6) is 1.87. The highest BCUT2D eigenvalue weighted by atomic mass is 15.2. The van der Waals surface area contributed by atoms with Gasteiger partial charge in [-0.25, -0.2) is 0 Å². The largest absolute Gasteiger partial charge is 0.313 e. The number of hydrogen-bond donors (Lipinski definition) is 1. The summed E-state index contributed by atoms with van der Waals surface area (Å²) in [6.45, 7) is 10.9. The van der Waals surface area contributed by atoms with Gasteiger partial charge in [0.25, 0.3) is 0 Å². The molecule has 0 aromatic carbocycles. The SMILES string of the molecule is CCCNC1CC(C)CN(C(CC)C2CCC2)C1. The van der Waals surface area contributed by atoms with E-state index in [9.17, 15) is 0 Å². The molecule has 1 aliphatic carbocycles. The van der Waals surface area contributed by atoms with Gasteiger partial charge >= 0.3 is 0 Å². The van der Waals surface area contributed by atoms with Gasteiger partial charge in [-0.2, -0.15) is 0 Å². The van der Waals surface area contributed by atoms with E-state index < -0.39 is 0 Å². The zero-order valence-electron chi connectivity index (χ0n) is 12.6. The van der Waals surface area contributed by atoms with E-state index in [1.54, 1.807) is 0 Å². The minimum Gasteiger partial charge on any atom is -0.313 e. The highest BCUT2D eigenvalue weighted by molar-refractivity contribution is 4.90. The molecule has 1 saturated heterocycles. The number of nitrogens with one attached hydrogen (secondary N) is 1. The Morgan fingerprint density at radius 1 is 1.22 bits per heavy atom. The molecule has 0 spiro atoms. The molecule has 2 heteroatoms. The van der Waals surface area contributed by atoms with E-state index in [0.717, 1.165) is 23.9 Å². The van der Waals surface area contributed by atoms with Crippen LogP contribution < -0.4 is 5.32 Å². The van der Waals surface area contributed by atoms with Crippen molar-refractivity contribution in [3.8, 4) is 0 Å². The topological polar surface area (TPSA) is 15.3 Å². The van der Waals surface area contributed by atoms with Crippen molar-refractivity contribution >= 4 is 0 Å². The fourth-order valence-electron chi connectivity index (χ4n) is 3.87. The molecule has 2 rings (SSSR count). The lowest BCUT2D eigenvalue weighted by molar-refractivity contribution is 0.0440. The molecule has 0 bridgehead atoms. The Kier molecular flexibility index (Phi) is 5.50. The summed E-state index contributed by atoms with van der Waals surface area (Å²) in [6, 6.07) is 1.61. The number of likely N-dealkylation sites (tertiary alicyclic amines) is 1. The molecule has 2 aliphatic rings. The van der Waals surface area contributed by atoms with Crippen molar-refractivity contribution in [1.82, 2.24) is 10.2 Å². The lowest BCUT2D eigenvalue weighted by atomic mass is 9.77. The second-order valence-electron chi connectivity index (χ2n) is 6.61. The van der Waals surface area contributed by atoms with Gasteiger partial charge in [0, 0.05) is 25.2 Å². The van der Waals surface area contributed by atoms with E-state index in [4.69, 9.17) is 0 Å². The molecule has 2 fully saturated rings. The third-order valence-electron chi connectivity index (χ3n) is 4.95. The van der Waals surface area contributed by atoms with Crippen molar-refractivity contribution < 1.29 is 0 Å². The third kappa shape index (κ3) is 3.48. The van der Waals surface area contributed by atoms with Crippen LogP contribution in [-0.2, 0) is 0 Å². The van der Waals surface area contributed by atoms with Crippen molar-refractivity contribution in [3.05, 3.63) is 0 Å². The van der Waals surface area contributed by atoms with Gasteiger partial charge in [0.15, 0.2) is 0 Å². The van der Waals surface area contributed by atoms with Crippen molar-refractivity contribution in [3.63, 3.8) is 0 Å². The number of hydrogen-bond acceptors (Lipinski definition) is 2. The van der Waals surface area contributed by atoms with Crippen LogP contribution in [0, 0.1) is 11.8 Å². The third-order valence-corrected chi connectivity index (χ3v) is 4.95. The van der Waals surface area contributed by atoms with Crippen LogP contribution in [0.25, 0.3) is 0 Å². The zero-order chi connectivity index (χ0) is 13.0. The first kappa shape index (κ1) is 14.3. The van der Waals surface area contributed by atoms with Crippen LogP contribution in [0.4, 0.5) is 0 Å². The van der Waals surface area contributed by atoms with Crippen LogP contribution in [0.3, 0.4) is 0 Å².